The summed E-state index contributed by atoms with van der Waals surface area (Å²) in [5.74, 6) is 3.83. The van der Waals surface area contributed by atoms with E-state index in [4.69, 9.17) is 0 Å². The molecule has 0 aromatic heterocycles. The fourth-order valence-electron chi connectivity index (χ4n) is 5.20. The van der Waals surface area contributed by atoms with Gasteiger partial charge in [-0.05, 0) is 67.1 Å². The highest BCUT2D eigenvalue weighted by Crippen LogP contribution is 2.58. The van der Waals surface area contributed by atoms with Gasteiger partial charge in [0, 0.05) is 12.6 Å². The van der Waals surface area contributed by atoms with E-state index in [1.165, 1.54) is 38.2 Å². The monoisotopic (exact) mass is 295 g/mol. The summed E-state index contributed by atoms with van der Waals surface area (Å²) < 4.78 is 13.2. The summed E-state index contributed by atoms with van der Waals surface area (Å²) in [7, 11) is 0. The molecular weight excluding hydrogens is 273 g/mol. The van der Waals surface area contributed by atoms with E-state index in [0.717, 1.165) is 35.8 Å². The summed E-state index contributed by atoms with van der Waals surface area (Å²) >= 11 is 0. The molecule has 110 valence electrons. The van der Waals surface area contributed by atoms with Gasteiger partial charge in [-0.3, -0.25) is 0 Å². The van der Waals surface area contributed by atoms with Gasteiger partial charge in [0.1, 0.15) is 5.82 Å². The largest absolute Gasteiger partial charge is 0.310 e. The van der Waals surface area contributed by atoms with Crippen LogP contribution in [0.5, 0.6) is 0 Å². The Hall–Kier alpha value is -0.600. The zero-order chi connectivity index (χ0) is 12.8. The van der Waals surface area contributed by atoms with Crippen LogP contribution in [0, 0.1) is 29.5 Å². The van der Waals surface area contributed by atoms with E-state index in [0.29, 0.717) is 6.04 Å². The van der Waals surface area contributed by atoms with Crippen LogP contribution < -0.4 is 5.32 Å². The highest BCUT2D eigenvalue weighted by atomic mass is 35.5. The molecule has 2 bridgehead atoms. The van der Waals surface area contributed by atoms with Gasteiger partial charge in [0.2, 0.25) is 0 Å². The van der Waals surface area contributed by atoms with Crippen molar-refractivity contribution in [1.29, 1.82) is 0 Å². The fourth-order valence-corrected chi connectivity index (χ4v) is 5.20. The van der Waals surface area contributed by atoms with E-state index in [9.17, 15) is 4.39 Å². The first-order valence-electron chi connectivity index (χ1n) is 7.79. The van der Waals surface area contributed by atoms with Crippen LogP contribution in [0.25, 0.3) is 0 Å². The van der Waals surface area contributed by atoms with Crippen molar-refractivity contribution in [3.05, 3.63) is 35.6 Å². The molecule has 1 N–H and O–H groups in total. The molecule has 5 atom stereocenters. The second-order valence-electron chi connectivity index (χ2n) is 6.77. The third-order valence-electron chi connectivity index (χ3n) is 5.89. The van der Waals surface area contributed by atoms with E-state index in [2.05, 4.69) is 5.32 Å². The first kappa shape index (κ1) is 14.3. The van der Waals surface area contributed by atoms with Crippen molar-refractivity contribution in [3.63, 3.8) is 0 Å². The van der Waals surface area contributed by atoms with Crippen molar-refractivity contribution in [3.8, 4) is 0 Å². The highest BCUT2D eigenvalue weighted by molar-refractivity contribution is 5.85. The van der Waals surface area contributed by atoms with Crippen LogP contribution in [0.15, 0.2) is 24.3 Å². The minimum atomic E-state index is -0.122. The molecule has 3 fully saturated rings. The van der Waals surface area contributed by atoms with Crippen molar-refractivity contribution >= 4 is 12.4 Å². The highest BCUT2D eigenvalue weighted by Gasteiger charge is 2.53. The summed E-state index contributed by atoms with van der Waals surface area (Å²) in [6, 6.07) is 7.68. The zero-order valence-electron chi connectivity index (χ0n) is 11.7. The minimum Gasteiger partial charge on any atom is -0.310 e. The first-order valence-corrected chi connectivity index (χ1v) is 7.79. The summed E-state index contributed by atoms with van der Waals surface area (Å²) in [5.41, 5.74) is 1.07. The molecule has 20 heavy (non-hydrogen) atoms. The molecule has 0 spiro atoms. The lowest BCUT2D eigenvalue weighted by atomic mass is 9.79. The Labute approximate surface area is 126 Å². The lowest BCUT2D eigenvalue weighted by Crippen LogP contribution is -2.38. The van der Waals surface area contributed by atoms with Crippen molar-refractivity contribution in [2.75, 3.05) is 0 Å². The van der Waals surface area contributed by atoms with Gasteiger partial charge in [-0.15, -0.1) is 12.4 Å². The molecular formula is C17H23ClFN. The van der Waals surface area contributed by atoms with Gasteiger partial charge in [-0.25, -0.2) is 4.39 Å². The van der Waals surface area contributed by atoms with Gasteiger partial charge in [0.15, 0.2) is 0 Å². The van der Waals surface area contributed by atoms with Crippen LogP contribution in [-0.2, 0) is 6.54 Å². The minimum absolute atomic E-state index is 0. The predicted molar refractivity (Wildman–Crippen MR) is 81.3 cm³/mol. The lowest BCUT2D eigenvalue weighted by molar-refractivity contribution is 0.208. The van der Waals surface area contributed by atoms with Crippen molar-refractivity contribution in [2.24, 2.45) is 23.7 Å². The summed E-state index contributed by atoms with van der Waals surface area (Å²) in [6.07, 6.45) is 7.22. The van der Waals surface area contributed by atoms with Gasteiger partial charge in [0.05, 0.1) is 0 Å². The van der Waals surface area contributed by atoms with E-state index >= 15 is 0 Å². The number of fused-ring (bicyclic) bond motifs is 5. The van der Waals surface area contributed by atoms with E-state index in [1.54, 1.807) is 12.1 Å². The van der Waals surface area contributed by atoms with Crippen LogP contribution in [0.3, 0.4) is 0 Å². The van der Waals surface area contributed by atoms with E-state index in [-0.39, 0.29) is 18.2 Å². The number of benzene rings is 1. The fraction of sp³-hybridized carbons (Fsp3) is 0.647. The maximum atomic E-state index is 13.2. The topological polar surface area (TPSA) is 12.0 Å². The molecule has 3 aliphatic rings. The molecule has 0 radical (unpaired) electrons. The second kappa shape index (κ2) is 5.65. The molecule has 0 heterocycles. The van der Waals surface area contributed by atoms with Gasteiger partial charge in [0.25, 0.3) is 0 Å². The number of hydrogen-bond acceptors (Lipinski definition) is 1. The van der Waals surface area contributed by atoms with Crippen LogP contribution >= 0.6 is 12.4 Å². The lowest BCUT2D eigenvalue weighted by Gasteiger charge is -2.32. The van der Waals surface area contributed by atoms with Gasteiger partial charge < -0.3 is 5.32 Å². The Kier molecular flexibility index (Phi) is 4.05. The summed E-state index contributed by atoms with van der Waals surface area (Å²) in [4.78, 5) is 0. The van der Waals surface area contributed by atoms with Gasteiger partial charge >= 0.3 is 0 Å². The molecule has 4 rings (SSSR count). The predicted octanol–water partition coefficient (Wildman–Crippen LogP) is 4.16. The standard InChI is InChI=1S/C17H22FN.ClH/c18-13-4-1-3-11(7-13)10-19-17-9-12-8-16(17)15-6-2-5-14(12)15;/h1,3-4,7,12,14-17,19H,2,5-6,8-10H2;1H/t12-,14+,15+,16-,17+;/m0./s1. The Morgan fingerprint density at radius 2 is 1.95 bits per heavy atom. The average molecular weight is 296 g/mol. The normalized spacial score (nSPS) is 37.8. The molecule has 1 nitrogen and oxygen atoms in total. The molecule has 0 amide bonds. The molecule has 1 aromatic carbocycles. The summed E-state index contributed by atoms with van der Waals surface area (Å²) in [6.45, 7) is 0.822. The smallest absolute Gasteiger partial charge is 0.123 e. The molecule has 1 aromatic rings. The van der Waals surface area contributed by atoms with Crippen molar-refractivity contribution in [2.45, 2.75) is 44.7 Å². The van der Waals surface area contributed by atoms with Gasteiger partial charge in [-0.1, -0.05) is 18.6 Å². The third kappa shape index (κ3) is 2.37. The third-order valence-corrected chi connectivity index (χ3v) is 5.89. The van der Waals surface area contributed by atoms with E-state index < -0.39 is 0 Å². The Morgan fingerprint density at radius 1 is 1.10 bits per heavy atom. The first-order chi connectivity index (χ1) is 9.31. The average Bonchev–Trinajstić information content (AvgIpc) is 3.08. The molecule has 3 heteroatoms. The van der Waals surface area contributed by atoms with Crippen molar-refractivity contribution < 1.29 is 4.39 Å². The Balaban J connectivity index is 0.00000121. The Bertz CT molecular complexity index is 478. The number of hydrogen-bond donors (Lipinski definition) is 1. The number of nitrogens with one attached hydrogen (secondary N) is 1. The second-order valence-corrected chi connectivity index (χ2v) is 6.77. The molecule has 3 aliphatic carbocycles. The summed E-state index contributed by atoms with van der Waals surface area (Å²) in [5, 5.41) is 3.70. The SMILES string of the molecule is Cl.Fc1cccc(CN[C@@H]2C[C@@H]3C[C@H]2[C@@H]2CCC[C@H]32)c1. The quantitative estimate of drug-likeness (QED) is 0.883. The number of rotatable bonds is 3. The molecule has 0 unspecified atom stereocenters. The van der Waals surface area contributed by atoms with Crippen LogP contribution in [0.2, 0.25) is 0 Å². The van der Waals surface area contributed by atoms with E-state index in [1.807, 2.05) is 6.07 Å². The maximum absolute atomic E-state index is 13.2. The van der Waals surface area contributed by atoms with Crippen LogP contribution in [-0.4, -0.2) is 6.04 Å². The maximum Gasteiger partial charge on any atom is 0.123 e. The van der Waals surface area contributed by atoms with Crippen LogP contribution in [0.4, 0.5) is 4.39 Å². The number of halogens is 2. The molecule has 3 saturated carbocycles. The molecule has 0 saturated heterocycles. The van der Waals surface area contributed by atoms with Crippen molar-refractivity contribution in [1.82, 2.24) is 5.32 Å². The Morgan fingerprint density at radius 3 is 2.80 bits per heavy atom. The van der Waals surface area contributed by atoms with Crippen LogP contribution in [0.1, 0.15) is 37.7 Å². The van der Waals surface area contributed by atoms with Gasteiger partial charge in [-0.2, -0.15) is 0 Å². The zero-order valence-corrected chi connectivity index (χ0v) is 12.5. The molecule has 0 aliphatic heterocycles.